The van der Waals surface area contributed by atoms with Crippen LogP contribution in [0.4, 0.5) is 0 Å². The van der Waals surface area contributed by atoms with Gasteiger partial charge in [0.15, 0.2) is 0 Å². The van der Waals surface area contributed by atoms with E-state index < -0.39 is 0 Å². The number of nitrogens with zero attached hydrogens (tertiary/aromatic N) is 2. The maximum absolute atomic E-state index is 10.1. The third-order valence-corrected chi connectivity index (χ3v) is 4.01. The second-order valence-electron chi connectivity index (χ2n) is 6.88. The van der Waals surface area contributed by atoms with Crippen LogP contribution >= 0.6 is 0 Å². The van der Waals surface area contributed by atoms with Gasteiger partial charge < -0.3 is 10.4 Å². The van der Waals surface area contributed by atoms with Crippen molar-refractivity contribution in [3.63, 3.8) is 0 Å². The van der Waals surface area contributed by atoms with Crippen LogP contribution in [0.1, 0.15) is 33.6 Å². The van der Waals surface area contributed by atoms with Gasteiger partial charge in [-0.2, -0.15) is 0 Å². The molecule has 4 nitrogen and oxygen atoms in total. The smallest absolute Gasteiger partial charge is 0.0791 e. The maximum Gasteiger partial charge on any atom is 0.0791 e. The summed E-state index contributed by atoms with van der Waals surface area (Å²) in [5.74, 6) is 0. The molecule has 0 aromatic rings. The van der Waals surface area contributed by atoms with E-state index in [0.29, 0.717) is 6.54 Å². The van der Waals surface area contributed by atoms with Gasteiger partial charge in [0.2, 0.25) is 0 Å². The molecule has 0 aromatic heterocycles. The monoisotopic (exact) mass is 255 g/mol. The quantitative estimate of drug-likeness (QED) is 0.768. The van der Waals surface area contributed by atoms with Crippen LogP contribution in [0, 0.1) is 0 Å². The van der Waals surface area contributed by atoms with Gasteiger partial charge in [-0.3, -0.25) is 9.80 Å². The molecule has 2 unspecified atom stereocenters. The molecule has 2 aliphatic rings. The first-order valence-electron chi connectivity index (χ1n) is 7.33. The molecule has 106 valence electrons. The van der Waals surface area contributed by atoms with Gasteiger partial charge in [-0.15, -0.1) is 0 Å². The Hall–Kier alpha value is -0.160. The zero-order valence-electron chi connectivity index (χ0n) is 12.2. The Balaban J connectivity index is 1.69. The van der Waals surface area contributed by atoms with Gasteiger partial charge in [-0.05, 0) is 40.2 Å². The zero-order valence-corrected chi connectivity index (χ0v) is 12.2. The normalized spacial score (nSPS) is 28.3. The lowest BCUT2D eigenvalue weighted by molar-refractivity contribution is 0.0545. The Bertz CT molecular complexity index is 264. The molecule has 2 rings (SSSR count). The van der Waals surface area contributed by atoms with Gasteiger partial charge in [0.1, 0.15) is 0 Å². The van der Waals surface area contributed by atoms with Gasteiger partial charge in [0.25, 0.3) is 0 Å². The van der Waals surface area contributed by atoms with E-state index in [1.165, 1.54) is 25.9 Å². The van der Waals surface area contributed by atoms with Crippen molar-refractivity contribution in [2.75, 3.05) is 39.3 Å². The molecule has 0 amide bonds. The van der Waals surface area contributed by atoms with Crippen LogP contribution in [0.15, 0.2) is 0 Å². The van der Waals surface area contributed by atoms with E-state index in [-0.39, 0.29) is 11.6 Å². The first kappa shape index (κ1) is 14.3. The minimum Gasteiger partial charge on any atom is -0.390 e. The number of piperazine rings is 1. The van der Waals surface area contributed by atoms with Crippen molar-refractivity contribution in [2.24, 2.45) is 0 Å². The van der Waals surface area contributed by atoms with Gasteiger partial charge in [-0.1, -0.05) is 0 Å². The standard InChI is InChI=1S/C14H29N3O/c1-14(2,3)15-9-13(18)11-16-7-8-17-6-4-5-12(17)10-16/h12-13,15,18H,4-11H2,1-3H3. The minimum absolute atomic E-state index is 0.0884. The zero-order chi connectivity index (χ0) is 13.2. The van der Waals surface area contributed by atoms with Crippen LogP contribution in [0.25, 0.3) is 0 Å². The highest BCUT2D eigenvalue weighted by Crippen LogP contribution is 2.21. The molecule has 0 saturated carbocycles. The van der Waals surface area contributed by atoms with Crippen LogP contribution in [0.3, 0.4) is 0 Å². The number of aliphatic hydroxyl groups is 1. The Labute approximate surface area is 111 Å². The largest absolute Gasteiger partial charge is 0.390 e. The van der Waals surface area contributed by atoms with Crippen molar-refractivity contribution in [2.45, 2.75) is 51.3 Å². The van der Waals surface area contributed by atoms with E-state index in [9.17, 15) is 5.11 Å². The molecule has 2 aliphatic heterocycles. The van der Waals surface area contributed by atoms with Crippen molar-refractivity contribution in [3.05, 3.63) is 0 Å². The molecule has 2 N–H and O–H groups in total. The van der Waals surface area contributed by atoms with E-state index in [0.717, 1.165) is 25.7 Å². The highest BCUT2D eigenvalue weighted by Gasteiger charge is 2.31. The van der Waals surface area contributed by atoms with Crippen molar-refractivity contribution < 1.29 is 5.11 Å². The third kappa shape index (κ3) is 4.19. The van der Waals surface area contributed by atoms with E-state index in [4.69, 9.17) is 0 Å². The predicted molar refractivity (Wildman–Crippen MR) is 74.8 cm³/mol. The summed E-state index contributed by atoms with van der Waals surface area (Å²) in [6.07, 6.45) is 2.44. The average Bonchev–Trinajstić information content (AvgIpc) is 2.72. The number of aliphatic hydroxyl groups excluding tert-OH is 1. The number of β-amino-alcohol motifs (C(OH)–C–C–N with tert-alkyl or cyclic N) is 1. The minimum atomic E-state index is -0.253. The van der Waals surface area contributed by atoms with Crippen LogP contribution < -0.4 is 5.32 Å². The lowest BCUT2D eigenvalue weighted by atomic mass is 10.1. The topological polar surface area (TPSA) is 38.7 Å². The number of rotatable bonds is 4. The summed E-state index contributed by atoms with van der Waals surface area (Å²) in [7, 11) is 0. The summed E-state index contributed by atoms with van der Waals surface area (Å²) in [4.78, 5) is 5.04. The summed E-state index contributed by atoms with van der Waals surface area (Å²) in [5, 5.41) is 13.5. The van der Waals surface area contributed by atoms with Crippen molar-refractivity contribution >= 4 is 0 Å². The number of hydrogen-bond donors (Lipinski definition) is 2. The van der Waals surface area contributed by atoms with Crippen LogP contribution in [-0.2, 0) is 0 Å². The third-order valence-electron chi connectivity index (χ3n) is 4.01. The van der Waals surface area contributed by atoms with Gasteiger partial charge >= 0.3 is 0 Å². The van der Waals surface area contributed by atoms with Crippen molar-refractivity contribution in [3.8, 4) is 0 Å². The molecule has 0 spiro atoms. The molecule has 0 radical (unpaired) electrons. The van der Waals surface area contributed by atoms with Crippen molar-refractivity contribution in [1.82, 2.24) is 15.1 Å². The molecule has 2 atom stereocenters. The molecule has 0 aliphatic carbocycles. The molecular formula is C14H29N3O. The van der Waals surface area contributed by atoms with Gasteiger partial charge in [0.05, 0.1) is 6.10 Å². The Morgan fingerprint density at radius 3 is 2.78 bits per heavy atom. The highest BCUT2D eigenvalue weighted by atomic mass is 16.3. The molecule has 0 bridgehead atoms. The van der Waals surface area contributed by atoms with E-state index >= 15 is 0 Å². The Morgan fingerprint density at radius 1 is 1.28 bits per heavy atom. The van der Waals surface area contributed by atoms with Gasteiger partial charge in [-0.25, -0.2) is 0 Å². The lowest BCUT2D eigenvalue weighted by Crippen LogP contribution is -2.53. The molecule has 4 heteroatoms. The number of hydrogen-bond acceptors (Lipinski definition) is 4. The Kier molecular flexibility index (Phi) is 4.64. The van der Waals surface area contributed by atoms with Crippen LogP contribution in [-0.4, -0.2) is 71.9 Å². The first-order valence-corrected chi connectivity index (χ1v) is 7.33. The molecule has 2 heterocycles. The summed E-state index contributed by atoms with van der Waals surface area (Å²) in [5.41, 5.74) is 0.0884. The second-order valence-corrected chi connectivity index (χ2v) is 6.88. The SMILES string of the molecule is CC(C)(C)NCC(O)CN1CCN2CCCC2C1. The van der Waals surface area contributed by atoms with Gasteiger partial charge in [0, 0.05) is 44.3 Å². The van der Waals surface area contributed by atoms with E-state index in [2.05, 4.69) is 35.9 Å². The van der Waals surface area contributed by atoms with Crippen LogP contribution in [0.5, 0.6) is 0 Å². The summed E-state index contributed by atoms with van der Waals surface area (Å²) in [6.45, 7) is 12.6. The average molecular weight is 255 g/mol. The summed E-state index contributed by atoms with van der Waals surface area (Å²) < 4.78 is 0. The van der Waals surface area contributed by atoms with E-state index in [1.807, 2.05) is 0 Å². The number of nitrogens with one attached hydrogen (secondary N) is 1. The maximum atomic E-state index is 10.1. The highest BCUT2D eigenvalue weighted by molar-refractivity contribution is 4.87. The first-order chi connectivity index (χ1) is 8.44. The lowest BCUT2D eigenvalue weighted by Gasteiger charge is -2.38. The molecule has 0 aromatic carbocycles. The molecular weight excluding hydrogens is 226 g/mol. The van der Waals surface area contributed by atoms with Crippen LogP contribution in [0.2, 0.25) is 0 Å². The van der Waals surface area contributed by atoms with Crippen molar-refractivity contribution in [1.29, 1.82) is 0 Å². The fraction of sp³-hybridized carbons (Fsp3) is 1.00. The fourth-order valence-corrected chi connectivity index (χ4v) is 3.01. The second kappa shape index (κ2) is 5.87. The fourth-order valence-electron chi connectivity index (χ4n) is 3.01. The molecule has 2 fully saturated rings. The Morgan fingerprint density at radius 2 is 2.06 bits per heavy atom. The van der Waals surface area contributed by atoms with E-state index in [1.54, 1.807) is 0 Å². The molecule has 2 saturated heterocycles. The number of fused-ring (bicyclic) bond motifs is 1. The summed E-state index contributed by atoms with van der Waals surface area (Å²) >= 11 is 0. The summed E-state index contributed by atoms with van der Waals surface area (Å²) in [6, 6.07) is 0.751. The predicted octanol–water partition coefficient (Wildman–Crippen LogP) is 0.515. The molecule has 18 heavy (non-hydrogen) atoms.